The summed E-state index contributed by atoms with van der Waals surface area (Å²) in [5.74, 6) is 0.274. The predicted octanol–water partition coefficient (Wildman–Crippen LogP) is 9.98. The maximum Gasteiger partial charge on any atom is 0.320 e. The van der Waals surface area contributed by atoms with Gasteiger partial charge in [-0.3, -0.25) is 4.79 Å². The van der Waals surface area contributed by atoms with Crippen molar-refractivity contribution in [1.82, 2.24) is 15.1 Å². The predicted molar refractivity (Wildman–Crippen MR) is 168 cm³/mol. The molecule has 0 aliphatic carbocycles. The van der Waals surface area contributed by atoms with E-state index in [9.17, 15) is 9.59 Å². The van der Waals surface area contributed by atoms with Crippen molar-refractivity contribution in [2.24, 2.45) is 0 Å². The van der Waals surface area contributed by atoms with E-state index in [2.05, 4.69) is 19.2 Å². The average Bonchev–Trinajstić information content (AvgIpc) is 2.93. The molecule has 230 valence electrons. The second-order valence-electron chi connectivity index (χ2n) is 12.3. The molecule has 3 amide bonds. The Labute approximate surface area is 243 Å². The minimum Gasteiger partial charge on any atom is -0.346 e. The molecule has 0 aromatic carbocycles. The normalized spacial score (nSPS) is 14.9. The summed E-state index contributed by atoms with van der Waals surface area (Å²) >= 11 is 0. The van der Waals surface area contributed by atoms with Crippen LogP contribution in [0.1, 0.15) is 181 Å². The van der Waals surface area contributed by atoms with Crippen LogP contribution in [0.5, 0.6) is 0 Å². The van der Waals surface area contributed by atoms with Gasteiger partial charge in [0.25, 0.3) is 0 Å². The molecular weight excluding hydrogens is 482 g/mol. The first-order valence-electron chi connectivity index (χ1n) is 17.4. The first-order chi connectivity index (χ1) is 19.1. The van der Waals surface area contributed by atoms with Gasteiger partial charge < -0.3 is 15.1 Å². The van der Waals surface area contributed by atoms with Gasteiger partial charge in [0.05, 0.1) is 0 Å². The number of rotatable bonds is 29. The van der Waals surface area contributed by atoms with E-state index in [1.54, 1.807) is 0 Å². The smallest absolute Gasteiger partial charge is 0.320 e. The van der Waals surface area contributed by atoms with Gasteiger partial charge in [0, 0.05) is 26.6 Å². The van der Waals surface area contributed by atoms with Gasteiger partial charge in [0.1, 0.15) is 6.17 Å². The van der Waals surface area contributed by atoms with Crippen molar-refractivity contribution in [3.8, 4) is 0 Å². The van der Waals surface area contributed by atoms with Crippen LogP contribution in [0.25, 0.3) is 0 Å². The highest BCUT2D eigenvalue weighted by atomic mass is 16.2. The van der Waals surface area contributed by atoms with Gasteiger partial charge in [-0.15, -0.1) is 0 Å². The Balaban J connectivity index is 1.91. The van der Waals surface area contributed by atoms with Crippen LogP contribution in [0.3, 0.4) is 0 Å². The molecule has 1 fully saturated rings. The summed E-state index contributed by atoms with van der Waals surface area (Å²) in [6.07, 6.45) is 33.3. The van der Waals surface area contributed by atoms with Crippen molar-refractivity contribution in [2.45, 2.75) is 187 Å². The van der Waals surface area contributed by atoms with Crippen LogP contribution in [-0.4, -0.2) is 48.0 Å². The number of hydrogen-bond donors (Lipinski definition) is 1. The number of amides is 3. The molecule has 1 unspecified atom stereocenters. The maximum absolute atomic E-state index is 12.3. The number of nitrogens with zero attached hydrogens (tertiary/aromatic N) is 2. The van der Waals surface area contributed by atoms with Gasteiger partial charge in [0.2, 0.25) is 5.91 Å². The van der Waals surface area contributed by atoms with Crippen molar-refractivity contribution >= 4 is 11.9 Å². The topological polar surface area (TPSA) is 52.7 Å². The van der Waals surface area contributed by atoms with E-state index >= 15 is 0 Å². The Morgan fingerprint density at radius 1 is 0.641 bits per heavy atom. The molecule has 0 spiro atoms. The molecule has 1 aliphatic rings. The van der Waals surface area contributed by atoms with Crippen molar-refractivity contribution < 1.29 is 9.59 Å². The van der Waals surface area contributed by atoms with Crippen LogP contribution < -0.4 is 5.32 Å². The number of nitrogens with one attached hydrogen (secondary N) is 1. The lowest BCUT2D eigenvalue weighted by Gasteiger charge is -2.42. The zero-order valence-corrected chi connectivity index (χ0v) is 26.6. The fraction of sp³-hybridized carbons (Fsp3) is 0.941. The highest BCUT2D eigenvalue weighted by molar-refractivity contribution is 5.80. The molecule has 1 saturated heterocycles. The van der Waals surface area contributed by atoms with Gasteiger partial charge in [-0.25, -0.2) is 4.79 Å². The first-order valence-corrected chi connectivity index (χ1v) is 17.4. The molecular formula is C34H67N3O2. The van der Waals surface area contributed by atoms with Crippen molar-refractivity contribution in [3.05, 3.63) is 0 Å². The molecule has 39 heavy (non-hydrogen) atoms. The van der Waals surface area contributed by atoms with E-state index in [4.69, 9.17) is 0 Å². The van der Waals surface area contributed by atoms with Crippen molar-refractivity contribution in [1.29, 1.82) is 0 Å². The van der Waals surface area contributed by atoms with E-state index < -0.39 is 0 Å². The molecule has 1 rings (SSSR count). The summed E-state index contributed by atoms with van der Waals surface area (Å²) in [6, 6.07) is 0.0932. The van der Waals surface area contributed by atoms with E-state index in [1.165, 1.54) is 128 Å². The third-order valence-electron chi connectivity index (χ3n) is 8.57. The van der Waals surface area contributed by atoms with E-state index in [0.717, 1.165) is 45.2 Å². The largest absolute Gasteiger partial charge is 0.346 e. The fourth-order valence-electron chi connectivity index (χ4n) is 5.75. The van der Waals surface area contributed by atoms with Crippen LogP contribution >= 0.6 is 0 Å². The second-order valence-corrected chi connectivity index (χ2v) is 12.3. The zero-order valence-electron chi connectivity index (χ0n) is 26.6. The summed E-state index contributed by atoms with van der Waals surface area (Å²) in [7, 11) is 1.95. The molecule has 1 N–H and O–H groups in total. The van der Waals surface area contributed by atoms with Crippen LogP contribution in [0.2, 0.25) is 0 Å². The Bertz CT molecular complexity index is 583. The summed E-state index contributed by atoms with van der Waals surface area (Å²) in [5, 5.41) is 3.08. The lowest BCUT2D eigenvalue weighted by Crippen LogP contribution is -2.65. The molecule has 0 aromatic heterocycles. The lowest BCUT2D eigenvalue weighted by atomic mass is 10.0. The fourth-order valence-corrected chi connectivity index (χ4v) is 5.75. The van der Waals surface area contributed by atoms with Gasteiger partial charge in [-0.2, -0.15) is 0 Å². The van der Waals surface area contributed by atoms with E-state index in [1.807, 2.05) is 16.8 Å². The Morgan fingerprint density at radius 3 is 1.56 bits per heavy atom. The van der Waals surface area contributed by atoms with Crippen LogP contribution in [0.4, 0.5) is 4.79 Å². The molecule has 5 nitrogen and oxygen atoms in total. The number of urea groups is 1. The Hall–Kier alpha value is -1.26. The molecule has 0 radical (unpaired) electrons. The highest BCUT2D eigenvalue weighted by Gasteiger charge is 2.33. The molecule has 0 aromatic rings. The standard InChI is InChI=1S/C34H67N3O2/c1-4-6-8-10-12-13-14-15-16-17-18-19-20-21-24-28-32-35-34(39)37(32)31-27-23-25-29-33(38)36(3)30-26-22-11-9-7-5-2/h32H,4-31H2,1-3H3,(H,35,39). The van der Waals surface area contributed by atoms with Crippen LogP contribution in [0.15, 0.2) is 0 Å². The number of carbonyl (C=O) groups is 2. The lowest BCUT2D eigenvalue weighted by molar-refractivity contribution is -0.130. The summed E-state index contributed by atoms with van der Waals surface area (Å²) in [5.41, 5.74) is 0. The zero-order chi connectivity index (χ0) is 28.4. The molecule has 1 aliphatic heterocycles. The van der Waals surface area contributed by atoms with Crippen LogP contribution in [0, 0.1) is 0 Å². The highest BCUT2D eigenvalue weighted by Crippen LogP contribution is 2.19. The minimum atomic E-state index is 0.0932. The third kappa shape index (κ3) is 19.5. The summed E-state index contributed by atoms with van der Waals surface area (Å²) < 4.78 is 0. The second kappa shape index (κ2) is 25.7. The maximum atomic E-state index is 12.3. The summed E-state index contributed by atoms with van der Waals surface area (Å²) in [6.45, 7) is 6.25. The molecule has 1 atom stereocenters. The van der Waals surface area contributed by atoms with E-state index in [-0.39, 0.29) is 18.1 Å². The van der Waals surface area contributed by atoms with Gasteiger partial charge in [0.15, 0.2) is 0 Å². The van der Waals surface area contributed by atoms with E-state index in [0.29, 0.717) is 6.42 Å². The van der Waals surface area contributed by atoms with Crippen molar-refractivity contribution in [2.75, 3.05) is 20.1 Å². The van der Waals surface area contributed by atoms with Crippen LogP contribution in [-0.2, 0) is 4.79 Å². The van der Waals surface area contributed by atoms with Gasteiger partial charge in [-0.05, 0) is 32.1 Å². The molecule has 0 bridgehead atoms. The SMILES string of the molecule is CCCCCCCCCCCCCCCCCC1NC(=O)N1CCCCCC(=O)N(C)CCCCCCCC. The molecule has 1 heterocycles. The molecule has 0 saturated carbocycles. The monoisotopic (exact) mass is 550 g/mol. The quantitative estimate of drug-likeness (QED) is 0.0944. The third-order valence-corrected chi connectivity index (χ3v) is 8.57. The number of carbonyl (C=O) groups excluding carboxylic acids is 2. The summed E-state index contributed by atoms with van der Waals surface area (Å²) in [4.78, 5) is 28.3. The minimum absolute atomic E-state index is 0.0932. The van der Waals surface area contributed by atoms with Gasteiger partial charge >= 0.3 is 6.03 Å². The average molecular weight is 550 g/mol. The molecule has 5 heteroatoms. The van der Waals surface area contributed by atoms with Crippen molar-refractivity contribution in [3.63, 3.8) is 0 Å². The Morgan fingerprint density at radius 2 is 1.08 bits per heavy atom. The Kier molecular flexibility index (Phi) is 23.6. The van der Waals surface area contributed by atoms with Gasteiger partial charge in [-0.1, -0.05) is 142 Å². The number of unbranched alkanes of at least 4 members (excludes halogenated alkanes) is 21. The first kappa shape index (κ1) is 35.8. The number of hydrogen-bond acceptors (Lipinski definition) is 2.